The van der Waals surface area contributed by atoms with Crippen LogP contribution in [0.5, 0.6) is 0 Å². The molecule has 2 aliphatic rings. The summed E-state index contributed by atoms with van der Waals surface area (Å²) in [6, 6.07) is 9.45. The molecule has 0 saturated carbocycles. The Bertz CT molecular complexity index is 403. The van der Waals surface area contributed by atoms with E-state index in [9.17, 15) is 0 Å². The summed E-state index contributed by atoms with van der Waals surface area (Å²) in [6.45, 7) is 2.98. The van der Waals surface area contributed by atoms with Gasteiger partial charge in [-0.3, -0.25) is 0 Å². The number of nitrogens with one attached hydrogen (secondary N) is 1. The summed E-state index contributed by atoms with van der Waals surface area (Å²) >= 11 is 1.97. The average Bonchev–Trinajstić information content (AvgIpc) is 2.88. The topological polar surface area (TPSA) is 21.3 Å². The lowest BCUT2D eigenvalue weighted by molar-refractivity contribution is 0.112. The fourth-order valence-corrected chi connectivity index (χ4v) is 4.22. The Hall–Kier alpha value is -0.510. The molecular weight excluding hydrogens is 254 g/mol. The molecule has 0 aliphatic carbocycles. The van der Waals surface area contributed by atoms with Crippen molar-refractivity contribution in [3.63, 3.8) is 0 Å². The first kappa shape index (κ1) is 13.5. The number of benzene rings is 1. The van der Waals surface area contributed by atoms with Crippen LogP contribution in [0.25, 0.3) is 0 Å². The van der Waals surface area contributed by atoms with E-state index in [4.69, 9.17) is 4.74 Å². The van der Waals surface area contributed by atoms with Crippen molar-refractivity contribution in [1.82, 2.24) is 5.32 Å². The second kappa shape index (κ2) is 6.78. The maximum atomic E-state index is 5.92. The van der Waals surface area contributed by atoms with E-state index < -0.39 is 0 Å². The highest BCUT2D eigenvalue weighted by atomic mass is 32.2. The maximum Gasteiger partial charge on any atom is 0.0543 e. The number of thioether (sulfide) groups is 1. The molecule has 104 valence electrons. The van der Waals surface area contributed by atoms with Crippen LogP contribution in [0.1, 0.15) is 37.2 Å². The standard InChI is InChI=1S/C16H23NOS/c1-2-7-16-15(6-1)13(12-19-16)11-18-10-8-14-5-3-4-9-17-14/h1-2,6-7,13-14,17H,3-5,8-12H2. The van der Waals surface area contributed by atoms with Gasteiger partial charge in [-0.1, -0.05) is 24.6 Å². The Balaban J connectivity index is 1.39. The largest absolute Gasteiger partial charge is 0.381 e. The van der Waals surface area contributed by atoms with Gasteiger partial charge in [-0.2, -0.15) is 0 Å². The third kappa shape index (κ3) is 3.53. The van der Waals surface area contributed by atoms with Crippen molar-refractivity contribution in [2.75, 3.05) is 25.5 Å². The van der Waals surface area contributed by atoms with Crippen molar-refractivity contribution in [3.8, 4) is 0 Å². The highest BCUT2D eigenvalue weighted by Crippen LogP contribution is 2.39. The van der Waals surface area contributed by atoms with Crippen LogP contribution < -0.4 is 5.32 Å². The van der Waals surface area contributed by atoms with Gasteiger partial charge in [0.2, 0.25) is 0 Å². The van der Waals surface area contributed by atoms with Gasteiger partial charge >= 0.3 is 0 Å². The lowest BCUT2D eigenvalue weighted by Gasteiger charge is -2.23. The van der Waals surface area contributed by atoms with Crippen LogP contribution in [0.2, 0.25) is 0 Å². The average molecular weight is 277 g/mol. The zero-order chi connectivity index (χ0) is 12.9. The third-order valence-corrected chi connectivity index (χ3v) is 5.39. The van der Waals surface area contributed by atoms with Crippen LogP contribution in [0.3, 0.4) is 0 Å². The van der Waals surface area contributed by atoms with Crippen LogP contribution >= 0.6 is 11.8 Å². The molecule has 2 atom stereocenters. The van der Waals surface area contributed by atoms with Crippen LogP contribution in [-0.4, -0.2) is 31.6 Å². The molecule has 1 fully saturated rings. The first-order valence-corrected chi connectivity index (χ1v) is 8.45. The van der Waals surface area contributed by atoms with Crippen molar-refractivity contribution in [1.29, 1.82) is 0 Å². The molecule has 3 rings (SSSR count). The fraction of sp³-hybridized carbons (Fsp3) is 0.625. The lowest BCUT2D eigenvalue weighted by Crippen LogP contribution is -2.34. The number of hydrogen-bond donors (Lipinski definition) is 1. The predicted molar refractivity (Wildman–Crippen MR) is 81.0 cm³/mol. The first-order chi connectivity index (χ1) is 9.43. The fourth-order valence-electron chi connectivity index (χ4n) is 2.99. The van der Waals surface area contributed by atoms with Gasteiger partial charge in [0.05, 0.1) is 6.61 Å². The number of fused-ring (bicyclic) bond motifs is 1. The second-order valence-electron chi connectivity index (χ2n) is 5.56. The van der Waals surface area contributed by atoms with Gasteiger partial charge in [-0.05, 0) is 37.4 Å². The van der Waals surface area contributed by atoms with E-state index >= 15 is 0 Å². The summed E-state index contributed by atoms with van der Waals surface area (Å²) in [5.74, 6) is 1.78. The molecule has 1 saturated heterocycles. The van der Waals surface area contributed by atoms with Gasteiger partial charge < -0.3 is 10.1 Å². The number of ether oxygens (including phenoxy) is 1. The molecule has 0 bridgehead atoms. The maximum absolute atomic E-state index is 5.92. The Labute approximate surface area is 120 Å². The van der Waals surface area contributed by atoms with Gasteiger partial charge in [0.1, 0.15) is 0 Å². The summed E-state index contributed by atoms with van der Waals surface area (Å²) < 4.78 is 5.92. The smallest absolute Gasteiger partial charge is 0.0543 e. The molecule has 2 heterocycles. The van der Waals surface area contributed by atoms with Crippen LogP contribution in [0.4, 0.5) is 0 Å². The zero-order valence-corrected chi connectivity index (χ0v) is 12.3. The molecular formula is C16H23NOS. The minimum absolute atomic E-state index is 0.598. The van der Waals surface area contributed by atoms with Gasteiger partial charge in [-0.15, -0.1) is 11.8 Å². The van der Waals surface area contributed by atoms with Gasteiger partial charge in [0.25, 0.3) is 0 Å². The molecule has 3 heteroatoms. The number of piperidine rings is 1. The molecule has 19 heavy (non-hydrogen) atoms. The normalized spacial score (nSPS) is 26.3. The van der Waals surface area contributed by atoms with E-state index in [2.05, 4.69) is 29.6 Å². The van der Waals surface area contributed by atoms with Crippen molar-refractivity contribution in [3.05, 3.63) is 29.8 Å². The minimum Gasteiger partial charge on any atom is -0.381 e. The van der Waals surface area contributed by atoms with E-state index in [1.165, 1.54) is 48.4 Å². The summed E-state index contributed by atoms with van der Waals surface area (Å²) in [5.41, 5.74) is 1.49. The quantitative estimate of drug-likeness (QED) is 0.833. The molecule has 0 aromatic heterocycles. The third-order valence-electron chi connectivity index (χ3n) is 4.14. The van der Waals surface area contributed by atoms with E-state index in [0.717, 1.165) is 13.2 Å². The highest BCUT2D eigenvalue weighted by Gasteiger charge is 2.22. The Morgan fingerprint density at radius 2 is 2.21 bits per heavy atom. The SMILES string of the molecule is c1ccc2c(c1)SCC2COCCC1CCCCN1. The van der Waals surface area contributed by atoms with Crippen molar-refractivity contribution in [2.24, 2.45) is 0 Å². The molecule has 2 nitrogen and oxygen atoms in total. The Morgan fingerprint density at radius 1 is 1.26 bits per heavy atom. The molecule has 2 aliphatic heterocycles. The molecule has 0 spiro atoms. The van der Waals surface area contributed by atoms with E-state index in [-0.39, 0.29) is 0 Å². The summed E-state index contributed by atoms with van der Waals surface area (Å²) in [5, 5.41) is 3.58. The van der Waals surface area contributed by atoms with E-state index in [1.54, 1.807) is 0 Å². The number of rotatable bonds is 5. The van der Waals surface area contributed by atoms with E-state index in [1.807, 2.05) is 11.8 Å². The van der Waals surface area contributed by atoms with Crippen molar-refractivity contribution >= 4 is 11.8 Å². The predicted octanol–water partition coefficient (Wildman–Crippen LogP) is 3.42. The van der Waals surface area contributed by atoms with Crippen molar-refractivity contribution in [2.45, 2.75) is 42.5 Å². The molecule has 1 N–H and O–H groups in total. The van der Waals surface area contributed by atoms with Crippen LogP contribution in [0.15, 0.2) is 29.2 Å². The van der Waals surface area contributed by atoms with Crippen molar-refractivity contribution < 1.29 is 4.74 Å². The van der Waals surface area contributed by atoms with Crippen LogP contribution in [0, 0.1) is 0 Å². The monoisotopic (exact) mass is 277 g/mol. The number of hydrogen-bond acceptors (Lipinski definition) is 3. The van der Waals surface area contributed by atoms with E-state index in [0.29, 0.717) is 12.0 Å². The van der Waals surface area contributed by atoms with Gasteiger partial charge in [-0.25, -0.2) is 0 Å². The zero-order valence-electron chi connectivity index (χ0n) is 11.4. The van der Waals surface area contributed by atoms with Gasteiger partial charge in [0, 0.05) is 29.2 Å². The van der Waals surface area contributed by atoms with Crippen LogP contribution in [-0.2, 0) is 4.74 Å². The first-order valence-electron chi connectivity index (χ1n) is 7.46. The summed E-state index contributed by atoms with van der Waals surface area (Å²) in [6.07, 6.45) is 5.21. The molecule has 1 aromatic rings. The second-order valence-corrected chi connectivity index (χ2v) is 6.62. The Morgan fingerprint density at radius 3 is 3.11 bits per heavy atom. The highest BCUT2D eigenvalue weighted by molar-refractivity contribution is 7.99. The summed E-state index contributed by atoms with van der Waals surface area (Å²) in [7, 11) is 0. The summed E-state index contributed by atoms with van der Waals surface area (Å²) in [4.78, 5) is 1.45. The molecule has 0 amide bonds. The molecule has 1 aromatic carbocycles. The Kier molecular flexibility index (Phi) is 4.81. The minimum atomic E-state index is 0.598. The molecule has 0 radical (unpaired) electrons. The van der Waals surface area contributed by atoms with Gasteiger partial charge in [0.15, 0.2) is 0 Å². The lowest BCUT2D eigenvalue weighted by atomic mass is 10.0. The molecule has 2 unspecified atom stereocenters.